The molecule has 0 amide bonds. The van der Waals surface area contributed by atoms with Gasteiger partial charge in [-0.2, -0.15) is 0 Å². The molecule has 3 aliphatic heterocycles. The van der Waals surface area contributed by atoms with Gasteiger partial charge in [0.25, 0.3) is 0 Å². The number of aliphatic hydroxyl groups is 6. The third-order valence-electron chi connectivity index (χ3n) is 11.4. The molecule has 0 saturated carbocycles. The van der Waals surface area contributed by atoms with E-state index in [1.807, 2.05) is 25.9 Å². The molecule has 50 heavy (non-hydrogen) atoms. The Kier molecular flexibility index (Phi) is 14.1. The van der Waals surface area contributed by atoms with E-state index in [2.05, 4.69) is 0 Å². The summed E-state index contributed by atoms with van der Waals surface area (Å²) < 4.78 is 31.0. The summed E-state index contributed by atoms with van der Waals surface area (Å²) in [5.41, 5.74) is -5.42. The van der Waals surface area contributed by atoms with Crippen molar-refractivity contribution in [1.82, 2.24) is 4.90 Å². The number of ether oxygens (including phenoxy) is 5. The molecule has 3 heterocycles. The summed E-state index contributed by atoms with van der Waals surface area (Å²) >= 11 is 0. The summed E-state index contributed by atoms with van der Waals surface area (Å²) in [6.07, 6.45) is -10.7. The van der Waals surface area contributed by atoms with E-state index in [4.69, 9.17) is 23.7 Å². The maximum atomic E-state index is 14.0. The van der Waals surface area contributed by atoms with Crippen LogP contribution in [0.4, 0.5) is 0 Å². The average Bonchev–Trinajstić information content (AvgIpc) is 3.01. The number of hydrogen-bond donors (Lipinski definition) is 6. The summed E-state index contributed by atoms with van der Waals surface area (Å²) in [4.78, 5) is 29.6. The van der Waals surface area contributed by atoms with Crippen LogP contribution in [0.3, 0.4) is 0 Å². The minimum atomic E-state index is -2.01. The van der Waals surface area contributed by atoms with Crippen molar-refractivity contribution in [3.63, 3.8) is 0 Å². The molecular formula is C36H65NO13. The zero-order chi connectivity index (χ0) is 38.3. The van der Waals surface area contributed by atoms with E-state index in [0.717, 1.165) is 0 Å². The van der Waals surface area contributed by atoms with Gasteiger partial charge in [0.15, 0.2) is 12.6 Å². The third kappa shape index (κ3) is 9.25. The van der Waals surface area contributed by atoms with Gasteiger partial charge in [-0.3, -0.25) is 9.59 Å². The number of aliphatic hydroxyl groups excluding tert-OH is 3. The van der Waals surface area contributed by atoms with E-state index in [9.17, 15) is 40.2 Å². The zero-order valence-corrected chi connectivity index (χ0v) is 32.0. The van der Waals surface area contributed by atoms with Crippen molar-refractivity contribution in [2.45, 2.75) is 179 Å². The topological polar surface area (TPSA) is 205 Å². The lowest BCUT2D eigenvalue weighted by molar-refractivity contribution is -0.316. The lowest BCUT2D eigenvalue weighted by atomic mass is 9.74. The quantitative estimate of drug-likeness (QED) is 0.213. The maximum Gasteiger partial charge on any atom is 0.311 e. The first-order valence-electron chi connectivity index (χ1n) is 18.1. The summed E-state index contributed by atoms with van der Waals surface area (Å²) in [7, 11) is 3.67. The molecule has 0 spiro atoms. The monoisotopic (exact) mass is 719 g/mol. The maximum absolute atomic E-state index is 14.0. The van der Waals surface area contributed by atoms with Gasteiger partial charge in [-0.25, -0.2) is 0 Å². The van der Waals surface area contributed by atoms with Crippen LogP contribution in [0.1, 0.15) is 94.9 Å². The fourth-order valence-electron chi connectivity index (χ4n) is 8.22. The van der Waals surface area contributed by atoms with Crippen molar-refractivity contribution in [1.29, 1.82) is 0 Å². The Morgan fingerprint density at radius 1 is 0.840 bits per heavy atom. The number of Topliss-reactive ketones (excluding diaryl/α,β-unsaturated/α-hetero) is 1. The first-order valence-corrected chi connectivity index (χ1v) is 18.1. The number of nitrogens with zero attached hydrogens (tertiary/aromatic N) is 1. The fraction of sp³-hybridized carbons (Fsp3) is 0.944. The lowest BCUT2D eigenvalue weighted by Gasteiger charge is -2.48. The first-order chi connectivity index (χ1) is 22.9. The second kappa shape index (κ2) is 16.4. The van der Waals surface area contributed by atoms with Gasteiger partial charge in [0.2, 0.25) is 0 Å². The molecule has 14 nitrogen and oxygen atoms in total. The number of esters is 1. The number of carbonyl (C=O) groups excluding carboxylic acids is 2. The zero-order valence-electron chi connectivity index (χ0n) is 32.0. The van der Waals surface area contributed by atoms with Crippen LogP contribution in [-0.4, -0.2) is 146 Å². The van der Waals surface area contributed by atoms with Crippen molar-refractivity contribution in [3.8, 4) is 0 Å². The molecule has 18 atom stereocenters. The highest BCUT2D eigenvalue weighted by Crippen LogP contribution is 2.40. The second-order valence-corrected chi connectivity index (χ2v) is 16.3. The van der Waals surface area contributed by atoms with E-state index in [-0.39, 0.29) is 31.4 Å². The van der Waals surface area contributed by atoms with Gasteiger partial charge in [-0.15, -0.1) is 0 Å². The molecule has 0 aromatic rings. The van der Waals surface area contributed by atoms with Gasteiger partial charge >= 0.3 is 5.97 Å². The molecule has 0 bridgehead atoms. The molecule has 0 unspecified atom stereocenters. The highest BCUT2D eigenvalue weighted by Gasteiger charge is 2.53. The number of cyclic esters (lactones) is 1. The molecule has 0 radical (unpaired) electrons. The van der Waals surface area contributed by atoms with Crippen LogP contribution in [-0.2, 0) is 33.3 Å². The van der Waals surface area contributed by atoms with E-state index in [1.165, 1.54) is 27.7 Å². The predicted octanol–water partition coefficient (Wildman–Crippen LogP) is 1.13. The van der Waals surface area contributed by atoms with E-state index >= 15 is 0 Å². The standard InChI is InChI=1S/C36H65NO13/c1-13-24-36(10,45)29(40)19(4)26(38)17(2)15-35(9,44)31(50-33-27(39)23(37(11)12)14-18(3)46-33)20(5)28(21(6)32(42)48-24)49-25-16-34(8,43)30(41)22(7)47-25/h17-25,27-31,33,39-41,43-45H,13-16H2,1-12H3/t17-,18-,19+,20+,21-,22+,23+,24-,25-,27-,28+,29-,30+,31-,33+,34-,35-,36+/m1/s1. The highest BCUT2D eigenvalue weighted by molar-refractivity contribution is 5.83. The number of ketones is 1. The van der Waals surface area contributed by atoms with Gasteiger partial charge in [0.1, 0.15) is 29.7 Å². The molecule has 3 aliphatic rings. The predicted molar refractivity (Wildman–Crippen MR) is 181 cm³/mol. The van der Waals surface area contributed by atoms with Crippen molar-refractivity contribution < 1.29 is 63.9 Å². The van der Waals surface area contributed by atoms with Crippen LogP contribution in [0.15, 0.2) is 0 Å². The normalized spacial score (nSPS) is 50.5. The molecule has 6 N–H and O–H groups in total. The molecule has 14 heteroatoms. The molecule has 0 aromatic heterocycles. The summed E-state index contributed by atoms with van der Waals surface area (Å²) in [6, 6.07) is -0.337. The summed E-state index contributed by atoms with van der Waals surface area (Å²) in [5.74, 6) is -5.14. The number of hydrogen-bond acceptors (Lipinski definition) is 14. The van der Waals surface area contributed by atoms with Crippen molar-refractivity contribution in [2.75, 3.05) is 14.1 Å². The van der Waals surface area contributed by atoms with Gasteiger partial charge in [-0.05, 0) is 74.9 Å². The highest BCUT2D eigenvalue weighted by atomic mass is 16.7. The lowest BCUT2D eigenvalue weighted by Crippen LogP contribution is -2.61. The summed E-state index contributed by atoms with van der Waals surface area (Å²) in [5, 5.41) is 68.1. The van der Waals surface area contributed by atoms with Gasteiger partial charge < -0.3 is 59.2 Å². The van der Waals surface area contributed by atoms with Gasteiger partial charge in [0, 0.05) is 30.2 Å². The molecule has 3 rings (SSSR count). The van der Waals surface area contributed by atoms with E-state index < -0.39 is 108 Å². The fourth-order valence-corrected chi connectivity index (χ4v) is 8.22. The summed E-state index contributed by atoms with van der Waals surface area (Å²) in [6.45, 7) is 15.8. The van der Waals surface area contributed by atoms with Gasteiger partial charge in [-0.1, -0.05) is 27.7 Å². The number of likely N-dealkylation sites (N-methyl/N-ethyl adjacent to an activating group) is 1. The Balaban J connectivity index is 2.17. The molecule has 3 saturated heterocycles. The number of carbonyl (C=O) groups is 2. The largest absolute Gasteiger partial charge is 0.459 e. The van der Waals surface area contributed by atoms with Crippen molar-refractivity contribution in [3.05, 3.63) is 0 Å². The van der Waals surface area contributed by atoms with Crippen molar-refractivity contribution >= 4 is 11.8 Å². The van der Waals surface area contributed by atoms with Crippen LogP contribution in [0.25, 0.3) is 0 Å². The van der Waals surface area contributed by atoms with Crippen LogP contribution in [0.5, 0.6) is 0 Å². The minimum absolute atomic E-state index is 0.118. The Bertz CT molecular complexity index is 1150. The molecule has 292 valence electrons. The van der Waals surface area contributed by atoms with Crippen LogP contribution < -0.4 is 0 Å². The smallest absolute Gasteiger partial charge is 0.311 e. The van der Waals surface area contributed by atoms with Crippen LogP contribution in [0, 0.1) is 23.7 Å². The minimum Gasteiger partial charge on any atom is -0.459 e. The Labute approximate surface area is 297 Å². The molecule has 0 aromatic carbocycles. The number of rotatable bonds is 6. The average molecular weight is 720 g/mol. The Morgan fingerprint density at radius 3 is 1.98 bits per heavy atom. The molecular weight excluding hydrogens is 654 g/mol. The third-order valence-corrected chi connectivity index (χ3v) is 11.4. The van der Waals surface area contributed by atoms with Crippen LogP contribution in [0.2, 0.25) is 0 Å². The Morgan fingerprint density at radius 2 is 1.44 bits per heavy atom. The van der Waals surface area contributed by atoms with Crippen LogP contribution >= 0.6 is 0 Å². The van der Waals surface area contributed by atoms with E-state index in [1.54, 1.807) is 34.6 Å². The molecule has 0 aliphatic carbocycles. The second-order valence-electron chi connectivity index (χ2n) is 16.3. The van der Waals surface area contributed by atoms with Crippen molar-refractivity contribution in [2.24, 2.45) is 23.7 Å². The molecule has 3 fully saturated rings. The Hall–Kier alpha value is -1.30. The SMILES string of the molecule is CC[C@H]1OC(=O)[C@H](C)[C@@H](O[C@@H]2C[C@@](C)(O)[C@@H](O)[C@H](C)O2)[C@H](C)[C@@H](O[C@@H]2O[C@H](C)C[C@H](N(C)C)[C@H]2O)[C@](C)(O)C[C@@H](C)C(=O)[C@H](C)[C@@H](O)[C@@]1(C)O. The van der Waals surface area contributed by atoms with E-state index in [0.29, 0.717) is 6.42 Å². The van der Waals surface area contributed by atoms with Gasteiger partial charge in [0.05, 0.1) is 47.6 Å². The first kappa shape index (κ1) is 43.1.